The van der Waals surface area contributed by atoms with Crippen molar-refractivity contribution >= 4 is 23.5 Å². The van der Waals surface area contributed by atoms with Crippen LogP contribution in [0.3, 0.4) is 0 Å². The zero-order valence-corrected chi connectivity index (χ0v) is 18.4. The number of ketones is 1. The minimum Gasteiger partial charge on any atom is -0.449 e. The quantitative estimate of drug-likeness (QED) is 0.307. The van der Waals surface area contributed by atoms with Gasteiger partial charge in [0.05, 0.1) is 5.02 Å². The Morgan fingerprint density at radius 1 is 1.00 bits per heavy atom. The highest BCUT2D eigenvalue weighted by atomic mass is 35.5. The van der Waals surface area contributed by atoms with E-state index in [1.165, 1.54) is 29.2 Å². The van der Waals surface area contributed by atoms with Crippen molar-refractivity contribution in [2.45, 2.75) is 19.3 Å². The first-order valence-corrected chi connectivity index (χ1v) is 10.8. The van der Waals surface area contributed by atoms with Crippen molar-refractivity contribution in [3.8, 4) is 23.0 Å². The molecule has 1 amide bonds. The zero-order chi connectivity index (χ0) is 22.5. The van der Waals surface area contributed by atoms with E-state index in [-0.39, 0.29) is 18.3 Å². The fraction of sp³-hybridized carbons (Fsp3) is 0.185. The number of Topliss-reactive ketones (excluding diaryl/α,β-unsaturated/α-hetero) is 1. The average Bonchev–Trinajstić information content (AvgIpc) is 3.12. The molecule has 1 N–H and O–H groups in total. The second-order valence-electron chi connectivity index (χ2n) is 7.55. The van der Waals surface area contributed by atoms with E-state index < -0.39 is 6.09 Å². The Bertz CT molecular complexity index is 1190. The molecule has 0 bridgehead atoms. The van der Waals surface area contributed by atoms with Crippen LogP contribution in [-0.2, 0) is 4.74 Å². The van der Waals surface area contributed by atoms with Gasteiger partial charge in [0.15, 0.2) is 5.78 Å². The van der Waals surface area contributed by atoms with Gasteiger partial charge >= 0.3 is 6.09 Å². The molecule has 1 aliphatic rings. The SMILES string of the molecule is CC(=O)c1ccc(C#CCCNC(=O)OCC2c3ccccc3-c3ccccc32)c(Cl)c1. The summed E-state index contributed by atoms with van der Waals surface area (Å²) in [7, 11) is 0. The molecule has 0 aromatic heterocycles. The highest BCUT2D eigenvalue weighted by Crippen LogP contribution is 2.44. The molecule has 0 aliphatic heterocycles. The van der Waals surface area contributed by atoms with Gasteiger partial charge in [0, 0.05) is 30.0 Å². The maximum absolute atomic E-state index is 12.2. The van der Waals surface area contributed by atoms with Gasteiger partial charge in [0.2, 0.25) is 0 Å². The van der Waals surface area contributed by atoms with Crippen LogP contribution < -0.4 is 5.32 Å². The molecule has 1 aliphatic carbocycles. The van der Waals surface area contributed by atoms with Gasteiger partial charge in [-0.15, -0.1) is 0 Å². The number of halogens is 1. The molecule has 0 atom stereocenters. The lowest BCUT2D eigenvalue weighted by Crippen LogP contribution is -2.26. The number of carbonyl (C=O) groups is 2. The van der Waals surface area contributed by atoms with Gasteiger partial charge in [-0.2, -0.15) is 0 Å². The van der Waals surface area contributed by atoms with Crippen LogP contribution in [0.1, 0.15) is 46.3 Å². The molecular formula is C27H22ClNO3. The van der Waals surface area contributed by atoms with E-state index in [0.717, 1.165) is 0 Å². The molecule has 5 heteroatoms. The van der Waals surface area contributed by atoms with Crippen molar-refractivity contribution < 1.29 is 14.3 Å². The van der Waals surface area contributed by atoms with Crippen molar-refractivity contribution in [1.82, 2.24) is 5.32 Å². The van der Waals surface area contributed by atoms with Crippen LogP contribution in [0.4, 0.5) is 4.79 Å². The number of carbonyl (C=O) groups excluding carboxylic acids is 2. The van der Waals surface area contributed by atoms with Gasteiger partial charge in [0.1, 0.15) is 6.61 Å². The Labute approximate surface area is 192 Å². The first-order chi connectivity index (χ1) is 15.5. The van der Waals surface area contributed by atoms with Crippen LogP contribution >= 0.6 is 11.6 Å². The topological polar surface area (TPSA) is 55.4 Å². The van der Waals surface area contributed by atoms with Crippen LogP contribution in [0, 0.1) is 11.8 Å². The Morgan fingerprint density at radius 3 is 2.28 bits per heavy atom. The molecule has 0 fully saturated rings. The normalized spacial score (nSPS) is 11.7. The van der Waals surface area contributed by atoms with E-state index in [1.54, 1.807) is 18.2 Å². The third-order valence-corrected chi connectivity index (χ3v) is 5.77. The number of ether oxygens (including phenoxy) is 1. The monoisotopic (exact) mass is 443 g/mol. The van der Waals surface area contributed by atoms with Crippen LogP contribution in [-0.4, -0.2) is 25.0 Å². The van der Waals surface area contributed by atoms with Crippen molar-refractivity contribution in [3.05, 3.63) is 94.0 Å². The molecule has 4 rings (SSSR count). The molecule has 160 valence electrons. The summed E-state index contributed by atoms with van der Waals surface area (Å²) >= 11 is 6.17. The van der Waals surface area contributed by atoms with Gasteiger partial charge in [-0.05, 0) is 41.3 Å². The second-order valence-corrected chi connectivity index (χ2v) is 7.96. The predicted octanol–water partition coefficient (Wildman–Crippen LogP) is 5.82. The van der Waals surface area contributed by atoms with Crippen LogP contribution in [0.25, 0.3) is 11.1 Å². The van der Waals surface area contributed by atoms with Gasteiger partial charge in [-0.25, -0.2) is 4.79 Å². The van der Waals surface area contributed by atoms with E-state index in [1.807, 2.05) is 24.3 Å². The third-order valence-electron chi connectivity index (χ3n) is 5.46. The maximum Gasteiger partial charge on any atom is 0.407 e. The predicted molar refractivity (Wildman–Crippen MR) is 126 cm³/mol. The first kappa shape index (κ1) is 21.7. The summed E-state index contributed by atoms with van der Waals surface area (Å²) in [5.41, 5.74) is 5.96. The Morgan fingerprint density at radius 2 is 1.66 bits per heavy atom. The minimum atomic E-state index is -0.461. The Kier molecular flexibility index (Phi) is 6.58. The van der Waals surface area contributed by atoms with E-state index in [4.69, 9.17) is 16.3 Å². The summed E-state index contributed by atoms with van der Waals surface area (Å²) in [6.45, 7) is 2.14. The zero-order valence-electron chi connectivity index (χ0n) is 17.7. The summed E-state index contributed by atoms with van der Waals surface area (Å²) in [6.07, 6.45) is -0.00729. The van der Waals surface area contributed by atoms with Crippen LogP contribution in [0.5, 0.6) is 0 Å². The highest BCUT2D eigenvalue weighted by Gasteiger charge is 2.28. The molecule has 3 aromatic carbocycles. The highest BCUT2D eigenvalue weighted by molar-refractivity contribution is 6.32. The van der Waals surface area contributed by atoms with Gasteiger partial charge in [-0.3, -0.25) is 4.79 Å². The summed E-state index contributed by atoms with van der Waals surface area (Å²) in [5.74, 6) is 5.94. The molecule has 3 aromatic rings. The van der Waals surface area contributed by atoms with Crippen molar-refractivity contribution in [2.75, 3.05) is 13.2 Å². The number of benzene rings is 3. The minimum absolute atomic E-state index is 0.0352. The number of fused-ring (bicyclic) bond motifs is 3. The van der Waals surface area contributed by atoms with Crippen molar-refractivity contribution in [1.29, 1.82) is 0 Å². The van der Waals surface area contributed by atoms with Crippen molar-refractivity contribution in [2.24, 2.45) is 0 Å². The second kappa shape index (κ2) is 9.72. The van der Waals surface area contributed by atoms with Gasteiger partial charge < -0.3 is 10.1 Å². The molecule has 0 radical (unpaired) electrons. The molecule has 32 heavy (non-hydrogen) atoms. The van der Waals surface area contributed by atoms with Gasteiger partial charge in [0.25, 0.3) is 0 Å². The lowest BCUT2D eigenvalue weighted by molar-refractivity contribution is 0.101. The van der Waals surface area contributed by atoms with Crippen molar-refractivity contribution in [3.63, 3.8) is 0 Å². The molecule has 0 saturated heterocycles. The lowest BCUT2D eigenvalue weighted by atomic mass is 9.98. The van der Waals surface area contributed by atoms with E-state index in [2.05, 4.69) is 41.4 Å². The number of nitrogens with one attached hydrogen (secondary N) is 1. The van der Waals surface area contributed by atoms with Crippen LogP contribution in [0.2, 0.25) is 5.02 Å². The first-order valence-electron chi connectivity index (χ1n) is 10.4. The molecule has 0 saturated carbocycles. The molecular weight excluding hydrogens is 422 g/mol. The number of rotatable bonds is 5. The number of hydrogen-bond donors (Lipinski definition) is 1. The molecule has 0 spiro atoms. The number of hydrogen-bond acceptors (Lipinski definition) is 3. The summed E-state index contributed by atoms with van der Waals surface area (Å²) in [5, 5.41) is 3.18. The van der Waals surface area contributed by atoms with E-state index in [9.17, 15) is 9.59 Å². The lowest BCUT2D eigenvalue weighted by Gasteiger charge is -2.14. The molecule has 0 heterocycles. The smallest absolute Gasteiger partial charge is 0.407 e. The number of amides is 1. The summed E-state index contributed by atoms with van der Waals surface area (Å²) in [4.78, 5) is 23.6. The summed E-state index contributed by atoms with van der Waals surface area (Å²) in [6, 6.07) is 21.5. The average molecular weight is 444 g/mol. The van der Waals surface area contributed by atoms with E-state index in [0.29, 0.717) is 29.1 Å². The standard InChI is InChI=1S/C27H22ClNO3/c1-18(30)20-14-13-19(26(28)16-20)8-6-7-15-29-27(31)32-17-25-23-11-4-2-9-21(23)22-10-3-5-12-24(22)25/h2-5,9-14,16,25H,7,15,17H2,1H3,(H,29,31). The Hall–Kier alpha value is -3.55. The van der Waals surface area contributed by atoms with Crippen LogP contribution in [0.15, 0.2) is 66.7 Å². The fourth-order valence-electron chi connectivity index (χ4n) is 3.87. The molecule has 0 unspecified atom stereocenters. The fourth-order valence-corrected chi connectivity index (χ4v) is 4.10. The molecule has 4 nitrogen and oxygen atoms in total. The third kappa shape index (κ3) is 4.69. The number of alkyl carbamates (subject to hydrolysis) is 1. The largest absolute Gasteiger partial charge is 0.449 e. The Balaban J connectivity index is 1.28. The van der Waals surface area contributed by atoms with Gasteiger partial charge in [-0.1, -0.05) is 78.0 Å². The summed E-state index contributed by atoms with van der Waals surface area (Å²) < 4.78 is 5.51. The van der Waals surface area contributed by atoms with E-state index >= 15 is 0 Å². The maximum atomic E-state index is 12.2.